The molecule has 100 valence electrons. The van der Waals surface area contributed by atoms with Crippen LogP contribution in [0.25, 0.3) is 0 Å². The van der Waals surface area contributed by atoms with E-state index in [2.05, 4.69) is 30.1 Å². The van der Waals surface area contributed by atoms with Crippen molar-refractivity contribution in [3.63, 3.8) is 0 Å². The van der Waals surface area contributed by atoms with Gasteiger partial charge in [0.1, 0.15) is 5.75 Å². The fraction of sp³-hybridized carbons (Fsp3) is 0.571. The highest BCUT2D eigenvalue weighted by Gasteiger charge is 2.20. The Morgan fingerprint density at radius 1 is 1.50 bits per heavy atom. The standard InChI is InChI=1S/C14H21ClN2O/c1-4-11-7-12(8-13(18-3)14(11)15)17-6-5-16-9-10(17)2/h7-8,10,16H,4-6,9H2,1-3H3/t10-/m0/s1. The molecule has 0 unspecified atom stereocenters. The van der Waals surface area contributed by atoms with E-state index in [-0.39, 0.29) is 0 Å². The van der Waals surface area contributed by atoms with Gasteiger partial charge in [-0.2, -0.15) is 0 Å². The maximum absolute atomic E-state index is 6.30. The van der Waals surface area contributed by atoms with Crippen molar-refractivity contribution in [2.45, 2.75) is 26.3 Å². The van der Waals surface area contributed by atoms with E-state index in [1.165, 1.54) is 5.69 Å². The molecule has 1 N–H and O–H groups in total. The predicted molar refractivity (Wildman–Crippen MR) is 77.1 cm³/mol. The third-order valence-electron chi connectivity index (χ3n) is 3.53. The number of halogens is 1. The highest BCUT2D eigenvalue weighted by atomic mass is 35.5. The third kappa shape index (κ3) is 2.57. The number of nitrogens with one attached hydrogen (secondary N) is 1. The number of ether oxygens (including phenoxy) is 1. The molecule has 0 bridgehead atoms. The lowest BCUT2D eigenvalue weighted by molar-refractivity contribution is 0.414. The van der Waals surface area contributed by atoms with Crippen LogP contribution >= 0.6 is 11.6 Å². The van der Waals surface area contributed by atoms with Gasteiger partial charge in [0.05, 0.1) is 12.1 Å². The van der Waals surface area contributed by atoms with Gasteiger partial charge in [-0.25, -0.2) is 0 Å². The summed E-state index contributed by atoms with van der Waals surface area (Å²) in [6.07, 6.45) is 0.920. The predicted octanol–water partition coefficient (Wildman–Crippen LogP) is 2.71. The van der Waals surface area contributed by atoms with Gasteiger partial charge in [0.15, 0.2) is 0 Å². The van der Waals surface area contributed by atoms with Crippen LogP contribution in [0.3, 0.4) is 0 Å². The maximum Gasteiger partial charge on any atom is 0.139 e. The van der Waals surface area contributed by atoms with Gasteiger partial charge in [0.2, 0.25) is 0 Å². The summed E-state index contributed by atoms with van der Waals surface area (Å²) in [5.41, 5.74) is 2.36. The summed E-state index contributed by atoms with van der Waals surface area (Å²) in [7, 11) is 1.67. The minimum atomic E-state index is 0.495. The first-order valence-electron chi connectivity index (χ1n) is 6.51. The van der Waals surface area contributed by atoms with Crippen LogP contribution in [-0.2, 0) is 6.42 Å². The molecule has 0 saturated carbocycles. The van der Waals surface area contributed by atoms with Gasteiger partial charge >= 0.3 is 0 Å². The SMILES string of the molecule is CCc1cc(N2CCNC[C@@H]2C)cc(OC)c1Cl. The first-order valence-corrected chi connectivity index (χ1v) is 6.89. The molecule has 1 heterocycles. The summed E-state index contributed by atoms with van der Waals surface area (Å²) in [6, 6.07) is 4.73. The lowest BCUT2D eigenvalue weighted by Gasteiger charge is -2.36. The number of benzene rings is 1. The van der Waals surface area contributed by atoms with Crippen LogP contribution in [0.15, 0.2) is 12.1 Å². The van der Waals surface area contributed by atoms with Gasteiger partial charge in [0.25, 0.3) is 0 Å². The molecule has 1 atom stereocenters. The second-order valence-electron chi connectivity index (χ2n) is 4.72. The number of aryl methyl sites for hydroxylation is 1. The monoisotopic (exact) mass is 268 g/mol. The molecule has 1 fully saturated rings. The van der Waals surface area contributed by atoms with E-state index < -0.39 is 0 Å². The minimum absolute atomic E-state index is 0.495. The van der Waals surface area contributed by atoms with Gasteiger partial charge in [-0.3, -0.25) is 0 Å². The van der Waals surface area contributed by atoms with Crippen molar-refractivity contribution in [1.82, 2.24) is 5.32 Å². The van der Waals surface area contributed by atoms with Gasteiger partial charge in [-0.15, -0.1) is 0 Å². The largest absolute Gasteiger partial charge is 0.495 e. The van der Waals surface area contributed by atoms with Crippen LogP contribution in [0, 0.1) is 0 Å². The number of methoxy groups -OCH3 is 1. The second-order valence-corrected chi connectivity index (χ2v) is 5.10. The highest BCUT2D eigenvalue weighted by Crippen LogP contribution is 2.34. The first-order chi connectivity index (χ1) is 8.67. The summed E-state index contributed by atoms with van der Waals surface area (Å²) in [6.45, 7) is 7.42. The molecule has 1 aliphatic rings. The Morgan fingerprint density at radius 2 is 2.28 bits per heavy atom. The lowest BCUT2D eigenvalue weighted by Crippen LogP contribution is -2.49. The average molecular weight is 269 g/mol. The molecule has 0 aromatic heterocycles. The van der Waals surface area contributed by atoms with E-state index in [1.54, 1.807) is 7.11 Å². The van der Waals surface area contributed by atoms with Crippen LogP contribution in [0.5, 0.6) is 5.75 Å². The number of hydrogen-bond acceptors (Lipinski definition) is 3. The molecule has 1 saturated heterocycles. The zero-order valence-corrected chi connectivity index (χ0v) is 12.0. The zero-order valence-electron chi connectivity index (χ0n) is 11.3. The van der Waals surface area contributed by atoms with E-state index in [1.807, 2.05) is 6.07 Å². The lowest BCUT2D eigenvalue weighted by atomic mass is 10.1. The van der Waals surface area contributed by atoms with Crippen LogP contribution in [0.4, 0.5) is 5.69 Å². The molecule has 2 rings (SSSR count). The third-order valence-corrected chi connectivity index (χ3v) is 3.96. The Kier molecular flexibility index (Phi) is 4.36. The van der Waals surface area contributed by atoms with Crippen molar-refractivity contribution in [1.29, 1.82) is 0 Å². The summed E-state index contributed by atoms with van der Waals surface area (Å²) >= 11 is 6.30. The van der Waals surface area contributed by atoms with Crippen molar-refractivity contribution in [3.8, 4) is 5.75 Å². The molecule has 3 nitrogen and oxygen atoms in total. The van der Waals surface area contributed by atoms with E-state index in [0.29, 0.717) is 6.04 Å². The van der Waals surface area contributed by atoms with Gasteiger partial charge in [-0.05, 0) is 25.0 Å². The average Bonchev–Trinajstić information content (AvgIpc) is 2.40. The molecule has 18 heavy (non-hydrogen) atoms. The molecule has 4 heteroatoms. The van der Waals surface area contributed by atoms with E-state index in [0.717, 1.165) is 42.4 Å². The molecule has 0 amide bonds. The van der Waals surface area contributed by atoms with Crippen LogP contribution in [-0.4, -0.2) is 32.8 Å². The Hall–Kier alpha value is -0.930. The van der Waals surface area contributed by atoms with Gasteiger partial charge < -0.3 is 15.0 Å². The van der Waals surface area contributed by atoms with Crippen LogP contribution in [0.2, 0.25) is 5.02 Å². The molecule has 1 aromatic carbocycles. The van der Waals surface area contributed by atoms with Crippen molar-refractivity contribution >= 4 is 17.3 Å². The topological polar surface area (TPSA) is 24.5 Å². The summed E-state index contributed by atoms with van der Waals surface area (Å²) in [5.74, 6) is 0.775. The summed E-state index contributed by atoms with van der Waals surface area (Å²) < 4.78 is 5.38. The van der Waals surface area contributed by atoms with Crippen molar-refractivity contribution in [2.24, 2.45) is 0 Å². The van der Waals surface area contributed by atoms with Crippen LogP contribution in [0.1, 0.15) is 19.4 Å². The number of piperazine rings is 1. The maximum atomic E-state index is 6.30. The molecule has 0 radical (unpaired) electrons. The summed E-state index contributed by atoms with van der Waals surface area (Å²) in [4.78, 5) is 2.41. The highest BCUT2D eigenvalue weighted by molar-refractivity contribution is 6.33. The number of anilines is 1. The van der Waals surface area contributed by atoms with E-state index in [9.17, 15) is 0 Å². The van der Waals surface area contributed by atoms with E-state index in [4.69, 9.17) is 16.3 Å². The van der Waals surface area contributed by atoms with Crippen LogP contribution < -0.4 is 15.0 Å². The number of nitrogens with zero attached hydrogens (tertiary/aromatic N) is 1. The minimum Gasteiger partial charge on any atom is -0.495 e. The van der Waals surface area contributed by atoms with Crippen molar-refractivity contribution in [2.75, 3.05) is 31.6 Å². The Bertz CT molecular complexity index is 397. The Labute approximate surface area is 114 Å². The molecular weight excluding hydrogens is 248 g/mol. The number of hydrogen-bond donors (Lipinski definition) is 1. The molecule has 0 aliphatic carbocycles. The fourth-order valence-electron chi connectivity index (χ4n) is 2.44. The zero-order chi connectivity index (χ0) is 13.1. The van der Waals surface area contributed by atoms with Crippen molar-refractivity contribution in [3.05, 3.63) is 22.7 Å². The summed E-state index contributed by atoms with van der Waals surface area (Å²) in [5, 5.41) is 4.15. The first kappa shape index (κ1) is 13.5. The van der Waals surface area contributed by atoms with Crippen molar-refractivity contribution < 1.29 is 4.74 Å². The molecule has 1 aliphatic heterocycles. The van der Waals surface area contributed by atoms with E-state index >= 15 is 0 Å². The Balaban J connectivity index is 2.37. The van der Waals surface area contributed by atoms with Gasteiger partial charge in [-0.1, -0.05) is 18.5 Å². The second kappa shape index (κ2) is 5.81. The Morgan fingerprint density at radius 3 is 2.89 bits per heavy atom. The normalized spacial score (nSPS) is 20.0. The van der Waals surface area contributed by atoms with Gasteiger partial charge in [0, 0.05) is 37.4 Å². The smallest absolute Gasteiger partial charge is 0.139 e. The molecular formula is C14H21ClN2O. The quantitative estimate of drug-likeness (QED) is 0.912. The molecule has 0 spiro atoms. The molecule has 1 aromatic rings. The number of rotatable bonds is 3. The fourth-order valence-corrected chi connectivity index (χ4v) is 2.76.